The van der Waals surface area contributed by atoms with Gasteiger partial charge in [-0.25, -0.2) is 0 Å². The number of rotatable bonds is 3. The third-order valence-corrected chi connectivity index (χ3v) is 2.51. The first kappa shape index (κ1) is 12.6. The first-order chi connectivity index (χ1) is 8.56. The van der Waals surface area contributed by atoms with Crippen molar-refractivity contribution in [2.45, 2.75) is 20.0 Å². The number of benzene rings is 1. The van der Waals surface area contributed by atoms with E-state index in [0.29, 0.717) is 10.8 Å². The minimum absolute atomic E-state index is 0.0796. The molecule has 2 N–H and O–H groups in total. The maximum Gasteiger partial charge on any atom is 0.273 e. The van der Waals surface area contributed by atoms with Crippen molar-refractivity contribution >= 4 is 29.3 Å². The molecule has 94 valence electrons. The van der Waals surface area contributed by atoms with Crippen LogP contribution < -0.4 is 15.4 Å². The summed E-state index contributed by atoms with van der Waals surface area (Å²) < 4.78 is 5.68. The summed E-state index contributed by atoms with van der Waals surface area (Å²) in [4.78, 5) is 11.6. The SMILES string of the molecule is CC(C)Oc1ccccc1/C=C1/NC(=S)NC1=O. The highest BCUT2D eigenvalue weighted by Crippen LogP contribution is 2.22. The zero-order valence-electron chi connectivity index (χ0n) is 10.2. The van der Waals surface area contributed by atoms with Gasteiger partial charge in [0.25, 0.3) is 5.91 Å². The number of para-hydroxylation sites is 1. The molecule has 0 aromatic heterocycles. The molecule has 1 aromatic carbocycles. The lowest BCUT2D eigenvalue weighted by atomic mass is 10.1. The molecule has 18 heavy (non-hydrogen) atoms. The molecule has 0 unspecified atom stereocenters. The number of carbonyl (C=O) groups excluding carboxylic acids is 1. The Morgan fingerprint density at radius 2 is 2.00 bits per heavy atom. The van der Waals surface area contributed by atoms with Gasteiger partial charge in [0.05, 0.1) is 6.10 Å². The van der Waals surface area contributed by atoms with E-state index < -0.39 is 0 Å². The van der Waals surface area contributed by atoms with Crippen molar-refractivity contribution in [3.8, 4) is 5.75 Å². The fourth-order valence-corrected chi connectivity index (χ4v) is 1.80. The highest BCUT2D eigenvalue weighted by atomic mass is 32.1. The Bertz CT molecular complexity index is 523. The Kier molecular flexibility index (Phi) is 3.62. The second-order valence-electron chi connectivity index (χ2n) is 4.17. The second-order valence-corrected chi connectivity index (χ2v) is 4.58. The van der Waals surface area contributed by atoms with E-state index in [1.807, 2.05) is 38.1 Å². The van der Waals surface area contributed by atoms with E-state index in [-0.39, 0.29) is 12.0 Å². The summed E-state index contributed by atoms with van der Waals surface area (Å²) in [5, 5.41) is 5.66. The highest BCUT2D eigenvalue weighted by molar-refractivity contribution is 7.80. The summed E-state index contributed by atoms with van der Waals surface area (Å²) >= 11 is 4.88. The van der Waals surface area contributed by atoms with Crippen LogP contribution in [0.5, 0.6) is 5.75 Å². The van der Waals surface area contributed by atoms with Crippen LogP contribution in [0.25, 0.3) is 6.08 Å². The quantitative estimate of drug-likeness (QED) is 0.644. The number of carbonyl (C=O) groups is 1. The van der Waals surface area contributed by atoms with Crippen molar-refractivity contribution in [2.24, 2.45) is 0 Å². The minimum Gasteiger partial charge on any atom is -0.490 e. The highest BCUT2D eigenvalue weighted by Gasteiger charge is 2.20. The minimum atomic E-state index is -0.223. The first-order valence-corrected chi connectivity index (χ1v) is 6.07. The molecule has 0 radical (unpaired) electrons. The van der Waals surface area contributed by atoms with Gasteiger partial charge in [0.1, 0.15) is 11.4 Å². The van der Waals surface area contributed by atoms with Crippen LogP contribution in [-0.2, 0) is 4.79 Å². The molecule has 1 saturated heterocycles. The monoisotopic (exact) mass is 262 g/mol. The molecule has 1 amide bonds. The smallest absolute Gasteiger partial charge is 0.273 e. The zero-order valence-corrected chi connectivity index (χ0v) is 11.0. The molecule has 1 fully saturated rings. The van der Waals surface area contributed by atoms with Gasteiger partial charge < -0.3 is 10.1 Å². The average molecular weight is 262 g/mol. The predicted octanol–water partition coefficient (Wildman–Crippen LogP) is 1.82. The molecule has 1 heterocycles. The zero-order chi connectivity index (χ0) is 13.1. The van der Waals surface area contributed by atoms with Crippen molar-refractivity contribution in [2.75, 3.05) is 0 Å². The first-order valence-electron chi connectivity index (χ1n) is 5.66. The van der Waals surface area contributed by atoms with Crippen molar-refractivity contribution in [3.05, 3.63) is 35.5 Å². The van der Waals surface area contributed by atoms with Gasteiger partial charge in [0.2, 0.25) is 0 Å². The van der Waals surface area contributed by atoms with E-state index in [4.69, 9.17) is 17.0 Å². The van der Waals surface area contributed by atoms with Gasteiger partial charge in [-0.2, -0.15) is 0 Å². The topological polar surface area (TPSA) is 50.4 Å². The number of amides is 1. The molecule has 2 rings (SSSR count). The molecule has 1 aliphatic heterocycles. The van der Waals surface area contributed by atoms with Gasteiger partial charge in [-0.3, -0.25) is 10.1 Å². The predicted molar refractivity (Wildman–Crippen MR) is 74.1 cm³/mol. The summed E-state index contributed by atoms with van der Waals surface area (Å²) in [5.74, 6) is 0.520. The van der Waals surface area contributed by atoms with Crippen LogP contribution in [-0.4, -0.2) is 17.1 Å². The van der Waals surface area contributed by atoms with E-state index in [2.05, 4.69) is 10.6 Å². The Hall–Kier alpha value is -1.88. The lowest BCUT2D eigenvalue weighted by Gasteiger charge is -2.12. The molecular weight excluding hydrogens is 248 g/mol. The molecule has 1 aliphatic rings. The summed E-state index contributed by atoms with van der Waals surface area (Å²) in [7, 11) is 0. The number of nitrogens with one attached hydrogen (secondary N) is 2. The summed E-state index contributed by atoms with van der Waals surface area (Å²) in [5.41, 5.74) is 1.27. The standard InChI is InChI=1S/C13H14N2O2S/c1-8(2)17-11-6-4-3-5-9(11)7-10-12(16)15-13(18)14-10/h3-8H,1-2H3,(H2,14,15,16,18)/b10-7+. The third-order valence-electron chi connectivity index (χ3n) is 2.30. The van der Waals surface area contributed by atoms with E-state index in [9.17, 15) is 4.79 Å². The maximum atomic E-state index is 11.6. The molecule has 0 atom stereocenters. The number of ether oxygens (including phenoxy) is 1. The Morgan fingerprint density at radius 3 is 2.61 bits per heavy atom. The van der Waals surface area contributed by atoms with Gasteiger partial charge in [-0.15, -0.1) is 0 Å². The van der Waals surface area contributed by atoms with Gasteiger partial charge in [-0.1, -0.05) is 18.2 Å². The molecule has 5 heteroatoms. The number of hydrogen-bond donors (Lipinski definition) is 2. The molecule has 0 saturated carbocycles. The largest absolute Gasteiger partial charge is 0.490 e. The van der Waals surface area contributed by atoms with Crippen LogP contribution in [0.1, 0.15) is 19.4 Å². The summed E-state index contributed by atoms with van der Waals surface area (Å²) in [6.07, 6.45) is 1.81. The van der Waals surface area contributed by atoms with Crippen LogP contribution in [0.15, 0.2) is 30.0 Å². The van der Waals surface area contributed by atoms with Crippen LogP contribution in [0, 0.1) is 0 Å². The van der Waals surface area contributed by atoms with E-state index in [1.54, 1.807) is 6.08 Å². The van der Waals surface area contributed by atoms with Crippen molar-refractivity contribution in [1.82, 2.24) is 10.6 Å². The Morgan fingerprint density at radius 1 is 1.28 bits per heavy atom. The summed E-state index contributed by atoms with van der Waals surface area (Å²) in [6, 6.07) is 7.55. The van der Waals surface area contributed by atoms with Gasteiger partial charge >= 0.3 is 0 Å². The Labute approximate surface area is 111 Å². The maximum absolute atomic E-state index is 11.6. The lowest BCUT2D eigenvalue weighted by Crippen LogP contribution is -2.21. The molecular formula is C13H14N2O2S. The van der Waals surface area contributed by atoms with E-state index in [0.717, 1.165) is 11.3 Å². The second kappa shape index (κ2) is 5.18. The molecule has 0 bridgehead atoms. The number of hydrogen-bond acceptors (Lipinski definition) is 3. The van der Waals surface area contributed by atoms with Crippen molar-refractivity contribution in [3.63, 3.8) is 0 Å². The number of thiocarbonyl (C=S) groups is 1. The Balaban J connectivity index is 2.31. The normalized spacial score (nSPS) is 16.9. The van der Waals surface area contributed by atoms with E-state index >= 15 is 0 Å². The molecule has 0 aliphatic carbocycles. The summed E-state index contributed by atoms with van der Waals surface area (Å²) in [6.45, 7) is 3.92. The van der Waals surface area contributed by atoms with Gasteiger partial charge in [-0.05, 0) is 38.2 Å². The van der Waals surface area contributed by atoms with Crippen LogP contribution in [0.2, 0.25) is 0 Å². The van der Waals surface area contributed by atoms with Crippen LogP contribution in [0.4, 0.5) is 0 Å². The fraction of sp³-hybridized carbons (Fsp3) is 0.231. The van der Waals surface area contributed by atoms with Crippen molar-refractivity contribution < 1.29 is 9.53 Å². The van der Waals surface area contributed by atoms with Gasteiger partial charge in [0.15, 0.2) is 5.11 Å². The average Bonchev–Trinajstić information content (AvgIpc) is 2.59. The van der Waals surface area contributed by atoms with Crippen LogP contribution in [0.3, 0.4) is 0 Å². The fourth-order valence-electron chi connectivity index (χ4n) is 1.60. The van der Waals surface area contributed by atoms with Gasteiger partial charge in [0, 0.05) is 5.56 Å². The lowest BCUT2D eigenvalue weighted by molar-refractivity contribution is -0.115. The van der Waals surface area contributed by atoms with Crippen molar-refractivity contribution in [1.29, 1.82) is 0 Å². The molecule has 0 spiro atoms. The van der Waals surface area contributed by atoms with E-state index in [1.165, 1.54) is 0 Å². The third kappa shape index (κ3) is 2.87. The molecule has 4 nitrogen and oxygen atoms in total. The van der Waals surface area contributed by atoms with Crippen LogP contribution >= 0.6 is 12.2 Å². The molecule has 1 aromatic rings.